The summed E-state index contributed by atoms with van der Waals surface area (Å²) in [5.74, 6) is 0.728. The van der Waals surface area contributed by atoms with E-state index in [1.165, 1.54) is 6.42 Å². The molecule has 0 saturated heterocycles. The second-order valence-electron chi connectivity index (χ2n) is 2.26. The van der Waals surface area contributed by atoms with E-state index in [1.807, 2.05) is 6.08 Å². The molecule has 0 N–H and O–H groups in total. The van der Waals surface area contributed by atoms with E-state index in [9.17, 15) is 4.79 Å². The van der Waals surface area contributed by atoms with Crippen LogP contribution in [-0.4, -0.2) is 5.43 Å². The number of carbonyl (C=O) groups excluding carboxylic acids is 1. The van der Waals surface area contributed by atoms with Gasteiger partial charge in [-0.2, -0.15) is 0 Å². The number of carbonyl (C=O) groups is 1. The van der Waals surface area contributed by atoms with Gasteiger partial charge in [0.05, 0.1) is 0 Å². The van der Waals surface area contributed by atoms with Crippen molar-refractivity contribution < 1.29 is 9.53 Å². The van der Waals surface area contributed by atoms with Gasteiger partial charge in [0.15, 0.2) is 0 Å². The van der Waals surface area contributed by atoms with Gasteiger partial charge in [0.25, 0.3) is 0 Å². The van der Waals surface area contributed by atoms with E-state index in [0.29, 0.717) is 0 Å². The standard InChI is InChI=1S/C7H9ClO2/c8-7(9)10-6-4-2-1-3-5-6/h4H,1-3,5H2. The Morgan fingerprint density at radius 1 is 1.60 bits per heavy atom. The molecule has 0 spiro atoms. The molecule has 0 atom stereocenters. The third-order valence-electron chi connectivity index (χ3n) is 1.46. The molecule has 10 heavy (non-hydrogen) atoms. The van der Waals surface area contributed by atoms with Crippen molar-refractivity contribution in [3.8, 4) is 0 Å². The molecular weight excluding hydrogens is 152 g/mol. The Morgan fingerprint density at radius 2 is 2.40 bits per heavy atom. The summed E-state index contributed by atoms with van der Waals surface area (Å²) in [7, 11) is 0. The van der Waals surface area contributed by atoms with Crippen LogP contribution in [0.1, 0.15) is 25.7 Å². The molecule has 1 rings (SSSR count). The van der Waals surface area contributed by atoms with E-state index in [4.69, 9.17) is 11.6 Å². The second kappa shape index (κ2) is 3.62. The molecule has 0 amide bonds. The minimum Gasteiger partial charge on any atom is -0.419 e. The highest BCUT2D eigenvalue weighted by Crippen LogP contribution is 2.18. The van der Waals surface area contributed by atoms with Gasteiger partial charge in [0.2, 0.25) is 0 Å². The molecule has 0 fully saturated rings. The maximum Gasteiger partial charge on any atom is 0.408 e. The Kier molecular flexibility index (Phi) is 2.75. The maximum absolute atomic E-state index is 10.2. The largest absolute Gasteiger partial charge is 0.419 e. The number of ether oxygens (including phenoxy) is 1. The lowest BCUT2D eigenvalue weighted by Crippen LogP contribution is -1.98. The Balaban J connectivity index is 2.38. The normalized spacial score (nSPS) is 17.9. The van der Waals surface area contributed by atoms with E-state index in [2.05, 4.69) is 4.74 Å². The molecule has 2 nitrogen and oxygen atoms in total. The van der Waals surface area contributed by atoms with Crippen molar-refractivity contribution in [2.75, 3.05) is 0 Å². The van der Waals surface area contributed by atoms with Crippen molar-refractivity contribution in [2.45, 2.75) is 25.7 Å². The van der Waals surface area contributed by atoms with Crippen LogP contribution < -0.4 is 0 Å². The molecule has 0 aromatic heterocycles. The molecule has 0 unspecified atom stereocenters. The van der Waals surface area contributed by atoms with Crippen molar-refractivity contribution in [1.29, 1.82) is 0 Å². The van der Waals surface area contributed by atoms with Crippen LogP contribution in [0.15, 0.2) is 11.8 Å². The highest BCUT2D eigenvalue weighted by atomic mass is 35.5. The van der Waals surface area contributed by atoms with Gasteiger partial charge in [-0.3, -0.25) is 0 Å². The summed E-state index contributed by atoms with van der Waals surface area (Å²) >= 11 is 5.01. The minimum absolute atomic E-state index is 0.728. The molecule has 1 aliphatic carbocycles. The zero-order valence-electron chi connectivity index (χ0n) is 5.60. The van der Waals surface area contributed by atoms with Gasteiger partial charge in [-0.15, -0.1) is 0 Å². The SMILES string of the molecule is O=C(Cl)OC1=CCCCC1. The van der Waals surface area contributed by atoms with Crippen LogP contribution in [0.25, 0.3) is 0 Å². The van der Waals surface area contributed by atoms with Gasteiger partial charge in [-0.25, -0.2) is 4.79 Å². The summed E-state index contributed by atoms with van der Waals surface area (Å²) in [6, 6.07) is 0. The predicted molar refractivity (Wildman–Crippen MR) is 38.9 cm³/mol. The Bertz CT molecular complexity index is 163. The second-order valence-corrected chi connectivity index (χ2v) is 2.56. The number of hydrogen-bond donors (Lipinski definition) is 0. The molecular formula is C7H9ClO2. The quantitative estimate of drug-likeness (QED) is 0.552. The van der Waals surface area contributed by atoms with Crippen LogP contribution in [0, 0.1) is 0 Å². The molecule has 0 heterocycles. The molecule has 0 aromatic carbocycles. The summed E-state index contributed by atoms with van der Waals surface area (Å²) < 4.78 is 4.68. The smallest absolute Gasteiger partial charge is 0.408 e. The summed E-state index contributed by atoms with van der Waals surface area (Å²) in [4.78, 5) is 10.2. The zero-order valence-corrected chi connectivity index (χ0v) is 6.36. The Morgan fingerprint density at radius 3 is 2.90 bits per heavy atom. The van der Waals surface area contributed by atoms with Gasteiger partial charge in [0.1, 0.15) is 5.76 Å². The van der Waals surface area contributed by atoms with Crippen LogP contribution in [-0.2, 0) is 4.74 Å². The monoisotopic (exact) mass is 160 g/mol. The van der Waals surface area contributed by atoms with Gasteiger partial charge in [-0.05, 0) is 25.3 Å². The fourth-order valence-corrected chi connectivity index (χ4v) is 1.10. The number of rotatable bonds is 1. The average Bonchev–Trinajstić information content (AvgIpc) is 1.88. The van der Waals surface area contributed by atoms with E-state index in [0.717, 1.165) is 25.0 Å². The van der Waals surface area contributed by atoms with Crippen LogP contribution in [0.3, 0.4) is 0 Å². The van der Waals surface area contributed by atoms with E-state index in [1.54, 1.807) is 0 Å². The van der Waals surface area contributed by atoms with Gasteiger partial charge in [0, 0.05) is 18.0 Å². The minimum atomic E-state index is -0.729. The van der Waals surface area contributed by atoms with Crippen molar-refractivity contribution in [2.24, 2.45) is 0 Å². The number of halogens is 1. The molecule has 3 heteroatoms. The van der Waals surface area contributed by atoms with Crippen molar-refractivity contribution in [1.82, 2.24) is 0 Å². The van der Waals surface area contributed by atoms with Crippen LogP contribution in [0.2, 0.25) is 0 Å². The van der Waals surface area contributed by atoms with Crippen LogP contribution in [0.4, 0.5) is 4.79 Å². The number of allylic oxidation sites excluding steroid dienone is 2. The lowest BCUT2D eigenvalue weighted by molar-refractivity contribution is 0.197. The molecule has 0 aromatic rings. The molecule has 0 saturated carbocycles. The van der Waals surface area contributed by atoms with Crippen molar-refractivity contribution in [3.05, 3.63) is 11.8 Å². The van der Waals surface area contributed by atoms with E-state index in [-0.39, 0.29) is 0 Å². The third-order valence-corrected chi connectivity index (χ3v) is 1.54. The van der Waals surface area contributed by atoms with Crippen molar-refractivity contribution in [3.63, 3.8) is 0 Å². The highest BCUT2D eigenvalue weighted by molar-refractivity contribution is 6.61. The summed E-state index contributed by atoms with van der Waals surface area (Å²) in [6.45, 7) is 0. The fraction of sp³-hybridized carbons (Fsp3) is 0.571. The van der Waals surface area contributed by atoms with E-state index >= 15 is 0 Å². The predicted octanol–water partition coefficient (Wildman–Crippen LogP) is 2.82. The fourth-order valence-electron chi connectivity index (χ4n) is 1.00. The summed E-state index contributed by atoms with van der Waals surface area (Å²) in [6.07, 6.45) is 6.04. The third kappa shape index (κ3) is 2.40. The maximum atomic E-state index is 10.2. The first-order valence-corrected chi connectivity index (χ1v) is 3.73. The lowest BCUT2D eigenvalue weighted by atomic mass is 10.1. The first-order chi connectivity index (χ1) is 4.79. The molecule has 0 aliphatic heterocycles. The highest BCUT2D eigenvalue weighted by Gasteiger charge is 2.06. The first kappa shape index (κ1) is 7.61. The van der Waals surface area contributed by atoms with Gasteiger partial charge < -0.3 is 4.74 Å². The lowest BCUT2D eigenvalue weighted by Gasteiger charge is -2.09. The summed E-state index contributed by atoms with van der Waals surface area (Å²) in [5.41, 5.74) is -0.729. The molecule has 0 radical (unpaired) electrons. The van der Waals surface area contributed by atoms with Gasteiger partial charge >= 0.3 is 5.43 Å². The topological polar surface area (TPSA) is 26.3 Å². The zero-order chi connectivity index (χ0) is 7.40. The number of hydrogen-bond acceptors (Lipinski definition) is 2. The average molecular weight is 161 g/mol. The van der Waals surface area contributed by atoms with Crippen LogP contribution in [0.5, 0.6) is 0 Å². The van der Waals surface area contributed by atoms with Crippen molar-refractivity contribution >= 4 is 17.0 Å². The van der Waals surface area contributed by atoms with Gasteiger partial charge in [-0.1, -0.05) is 0 Å². The van der Waals surface area contributed by atoms with Crippen LogP contribution >= 0.6 is 11.6 Å². The summed E-state index contributed by atoms with van der Waals surface area (Å²) in [5, 5.41) is 0. The molecule has 0 bridgehead atoms. The Labute approximate surface area is 64.8 Å². The Hall–Kier alpha value is -0.500. The molecule has 1 aliphatic rings. The van der Waals surface area contributed by atoms with E-state index < -0.39 is 5.43 Å². The molecule has 56 valence electrons. The first-order valence-electron chi connectivity index (χ1n) is 3.35.